The molecule has 4 nitrogen and oxygen atoms in total. The van der Waals surface area contributed by atoms with E-state index in [1.165, 1.54) is 37.7 Å². The lowest BCUT2D eigenvalue weighted by Gasteiger charge is -2.37. The molecule has 172 valence electrons. The second kappa shape index (κ2) is 9.28. The van der Waals surface area contributed by atoms with E-state index in [1.807, 2.05) is 30.5 Å². The Balaban J connectivity index is 1.64. The zero-order chi connectivity index (χ0) is 23.1. The van der Waals surface area contributed by atoms with E-state index in [2.05, 4.69) is 40.8 Å². The first kappa shape index (κ1) is 22.7. The topological polar surface area (TPSA) is 33.1 Å². The van der Waals surface area contributed by atoms with Gasteiger partial charge in [0.2, 0.25) is 0 Å². The van der Waals surface area contributed by atoms with Gasteiger partial charge in [-0.05, 0) is 80.9 Å². The third-order valence-corrected chi connectivity index (χ3v) is 7.91. The van der Waals surface area contributed by atoms with E-state index in [-0.39, 0.29) is 12.1 Å². The molecule has 2 fully saturated rings. The monoisotopic (exact) mass is 498 g/mol. The summed E-state index contributed by atoms with van der Waals surface area (Å²) in [6.07, 6.45) is 8.03. The van der Waals surface area contributed by atoms with Gasteiger partial charge >= 0.3 is 0 Å². The van der Waals surface area contributed by atoms with Gasteiger partial charge in [0.1, 0.15) is 0 Å². The van der Waals surface area contributed by atoms with Crippen LogP contribution < -0.4 is 5.32 Å². The zero-order valence-corrected chi connectivity index (χ0v) is 21.2. The van der Waals surface area contributed by atoms with Crippen LogP contribution in [0.5, 0.6) is 0 Å². The van der Waals surface area contributed by atoms with Crippen LogP contribution in [0.15, 0.2) is 48.7 Å². The van der Waals surface area contributed by atoms with Gasteiger partial charge in [-0.1, -0.05) is 48.5 Å². The third-order valence-electron chi connectivity index (χ3n) is 7.04. The van der Waals surface area contributed by atoms with E-state index in [4.69, 9.17) is 40.4 Å². The van der Waals surface area contributed by atoms with E-state index in [0.717, 1.165) is 27.9 Å². The standard InChI is InChI=1S/C26H28Cl2N4S/c1-16-14-20(17(2)31(16)23-12-11-18(27)15-21(23)28)25-24(22-10-6-7-13-29-22)30-26(33)32(25)19-8-4-3-5-9-19/h6-7,10-15,19,24-25H,3-5,8-9H2,1-2H3,(H,30,33). The highest BCUT2D eigenvalue weighted by Gasteiger charge is 2.44. The van der Waals surface area contributed by atoms with Crippen LogP contribution in [0.2, 0.25) is 10.0 Å². The SMILES string of the molecule is Cc1cc(C2C(c3ccccn3)NC(=S)N2C2CCCCC2)c(C)n1-c1ccc(Cl)cc1Cl. The van der Waals surface area contributed by atoms with Crippen LogP contribution >= 0.6 is 35.4 Å². The summed E-state index contributed by atoms with van der Waals surface area (Å²) in [7, 11) is 0. The number of rotatable bonds is 4. The fourth-order valence-electron chi connectivity index (χ4n) is 5.57. The Kier molecular flexibility index (Phi) is 6.39. The van der Waals surface area contributed by atoms with E-state index in [1.54, 1.807) is 6.07 Å². The molecule has 0 bridgehead atoms. The Hall–Kier alpha value is -2.08. The van der Waals surface area contributed by atoms with Crippen molar-refractivity contribution in [2.24, 2.45) is 0 Å². The highest BCUT2D eigenvalue weighted by molar-refractivity contribution is 7.80. The molecule has 1 aliphatic carbocycles. The molecular weight excluding hydrogens is 471 g/mol. The second-order valence-corrected chi connectivity index (χ2v) is 10.3. The Bertz CT molecular complexity index is 1170. The Morgan fingerprint density at radius 1 is 1.03 bits per heavy atom. The molecule has 1 saturated heterocycles. The quantitative estimate of drug-likeness (QED) is 0.388. The van der Waals surface area contributed by atoms with Crippen molar-refractivity contribution < 1.29 is 0 Å². The molecule has 1 N–H and O–H groups in total. The third kappa shape index (κ3) is 4.16. The van der Waals surface area contributed by atoms with Gasteiger partial charge in [-0.3, -0.25) is 4.98 Å². The first-order chi connectivity index (χ1) is 16.0. The number of aromatic nitrogens is 2. The number of halogens is 2. The van der Waals surface area contributed by atoms with Gasteiger partial charge < -0.3 is 14.8 Å². The molecule has 3 heterocycles. The van der Waals surface area contributed by atoms with Gasteiger partial charge in [0.25, 0.3) is 0 Å². The molecule has 7 heteroatoms. The summed E-state index contributed by atoms with van der Waals surface area (Å²) < 4.78 is 2.23. The summed E-state index contributed by atoms with van der Waals surface area (Å²) in [5, 5.41) is 5.73. The van der Waals surface area contributed by atoms with E-state index < -0.39 is 0 Å². The number of nitrogens with zero attached hydrogens (tertiary/aromatic N) is 3. The molecule has 2 aliphatic rings. The Morgan fingerprint density at radius 3 is 2.52 bits per heavy atom. The minimum absolute atomic E-state index is 0.00438. The molecule has 0 radical (unpaired) electrons. The fourth-order valence-corrected chi connectivity index (χ4v) is 6.45. The van der Waals surface area contributed by atoms with Crippen LogP contribution in [0.4, 0.5) is 0 Å². The van der Waals surface area contributed by atoms with Gasteiger partial charge in [-0.15, -0.1) is 0 Å². The number of nitrogens with one attached hydrogen (secondary N) is 1. The lowest BCUT2D eigenvalue weighted by Crippen LogP contribution is -2.40. The molecule has 0 spiro atoms. The Labute approximate surface area is 210 Å². The summed E-state index contributed by atoms with van der Waals surface area (Å²) in [6.45, 7) is 4.30. The van der Waals surface area contributed by atoms with Crippen LogP contribution in [-0.4, -0.2) is 25.6 Å². The van der Waals surface area contributed by atoms with Crippen LogP contribution in [0.3, 0.4) is 0 Å². The fraction of sp³-hybridized carbons (Fsp3) is 0.385. The van der Waals surface area contributed by atoms with Gasteiger partial charge in [0, 0.05) is 28.6 Å². The molecule has 2 atom stereocenters. The molecular formula is C26H28Cl2N4S. The minimum atomic E-state index is -0.00438. The molecule has 1 aromatic carbocycles. The first-order valence-corrected chi connectivity index (χ1v) is 12.8. The summed E-state index contributed by atoms with van der Waals surface area (Å²) in [4.78, 5) is 7.16. The smallest absolute Gasteiger partial charge is 0.170 e. The van der Waals surface area contributed by atoms with Crippen molar-refractivity contribution >= 4 is 40.5 Å². The molecule has 1 aliphatic heterocycles. The predicted molar refractivity (Wildman–Crippen MR) is 139 cm³/mol. The van der Waals surface area contributed by atoms with Crippen molar-refractivity contribution in [2.45, 2.75) is 64.1 Å². The van der Waals surface area contributed by atoms with Gasteiger partial charge in [-0.25, -0.2) is 0 Å². The minimum Gasteiger partial charge on any atom is -0.352 e. The second-order valence-electron chi connectivity index (χ2n) is 9.08. The number of aryl methyl sites for hydroxylation is 1. The van der Waals surface area contributed by atoms with E-state index in [9.17, 15) is 0 Å². The summed E-state index contributed by atoms with van der Waals surface area (Å²) >= 11 is 18.7. The van der Waals surface area contributed by atoms with Crippen molar-refractivity contribution in [3.05, 3.63) is 81.4 Å². The van der Waals surface area contributed by atoms with Crippen molar-refractivity contribution in [3.8, 4) is 5.69 Å². The predicted octanol–water partition coefficient (Wildman–Crippen LogP) is 7.10. The molecule has 3 aromatic rings. The molecule has 5 rings (SSSR count). The lowest BCUT2D eigenvalue weighted by molar-refractivity contribution is 0.197. The van der Waals surface area contributed by atoms with Crippen molar-refractivity contribution in [2.75, 3.05) is 0 Å². The van der Waals surface area contributed by atoms with Crippen LogP contribution in [0.25, 0.3) is 5.69 Å². The summed E-state index contributed by atoms with van der Waals surface area (Å²) in [5.74, 6) is 0. The molecule has 33 heavy (non-hydrogen) atoms. The highest BCUT2D eigenvalue weighted by atomic mass is 35.5. The molecule has 2 aromatic heterocycles. The summed E-state index contributed by atoms with van der Waals surface area (Å²) in [5.41, 5.74) is 5.50. The Morgan fingerprint density at radius 2 is 1.82 bits per heavy atom. The van der Waals surface area contributed by atoms with Crippen molar-refractivity contribution in [3.63, 3.8) is 0 Å². The van der Waals surface area contributed by atoms with E-state index in [0.29, 0.717) is 16.1 Å². The first-order valence-electron chi connectivity index (χ1n) is 11.6. The average molecular weight is 500 g/mol. The maximum atomic E-state index is 6.62. The molecule has 2 unspecified atom stereocenters. The lowest BCUT2D eigenvalue weighted by atomic mass is 9.90. The number of benzene rings is 1. The normalized spacial score (nSPS) is 21.5. The maximum absolute atomic E-state index is 6.62. The zero-order valence-electron chi connectivity index (χ0n) is 18.9. The van der Waals surface area contributed by atoms with Crippen LogP contribution in [-0.2, 0) is 0 Å². The molecule has 1 saturated carbocycles. The van der Waals surface area contributed by atoms with Crippen LogP contribution in [0, 0.1) is 13.8 Å². The van der Waals surface area contributed by atoms with Gasteiger partial charge in [0.15, 0.2) is 5.11 Å². The van der Waals surface area contributed by atoms with Gasteiger partial charge in [-0.2, -0.15) is 0 Å². The largest absolute Gasteiger partial charge is 0.352 e. The number of thiocarbonyl (C=S) groups is 1. The van der Waals surface area contributed by atoms with Crippen molar-refractivity contribution in [1.29, 1.82) is 0 Å². The maximum Gasteiger partial charge on any atom is 0.170 e. The summed E-state index contributed by atoms with van der Waals surface area (Å²) in [6, 6.07) is 14.6. The number of hydrogen-bond donors (Lipinski definition) is 1. The van der Waals surface area contributed by atoms with Crippen molar-refractivity contribution in [1.82, 2.24) is 19.8 Å². The average Bonchev–Trinajstić information content (AvgIpc) is 3.31. The van der Waals surface area contributed by atoms with Crippen LogP contribution in [0.1, 0.15) is 66.8 Å². The number of hydrogen-bond acceptors (Lipinski definition) is 2. The number of pyridine rings is 1. The van der Waals surface area contributed by atoms with E-state index >= 15 is 0 Å². The molecule has 0 amide bonds. The van der Waals surface area contributed by atoms with Gasteiger partial charge in [0.05, 0.1) is 28.5 Å². The highest BCUT2D eigenvalue weighted by Crippen LogP contribution is 2.44.